The second-order valence-corrected chi connectivity index (χ2v) is 5.44. The molecular weight excluding hydrogens is 326 g/mol. The fourth-order valence-corrected chi connectivity index (χ4v) is 2.32. The number of nitro groups is 1. The third kappa shape index (κ3) is 3.55. The summed E-state index contributed by atoms with van der Waals surface area (Å²) in [5.41, 5.74) is 0.780. The number of carbonyl (C=O) groups excluding carboxylic acids is 2. The molecule has 0 spiro atoms. The molecule has 1 aliphatic heterocycles. The second kappa shape index (κ2) is 6.56. The summed E-state index contributed by atoms with van der Waals surface area (Å²) in [6, 6.07) is 10.6. The van der Waals surface area contributed by atoms with Crippen LogP contribution in [0.4, 0.5) is 5.69 Å². The number of fused-ring (bicyclic) bond motifs is 1. The average molecular weight is 339 g/mol. The number of hydrogen-bond donors (Lipinski definition) is 0. The normalized spacial score (nSPS) is 14.1. The van der Waals surface area contributed by atoms with E-state index >= 15 is 0 Å². The van der Waals surface area contributed by atoms with E-state index in [1.54, 1.807) is 18.2 Å². The summed E-state index contributed by atoms with van der Waals surface area (Å²) >= 11 is 0. The first-order valence-corrected chi connectivity index (χ1v) is 7.39. The van der Waals surface area contributed by atoms with Crippen molar-refractivity contribution >= 4 is 23.3 Å². The second-order valence-electron chi connectivity index (χ2n) is 5.44. The molecule has 3 rings (SSSR count). The van der Waals surface area contributed by atoms with E-state index in [0.717, 1.165) is 0 Å². The number of non-ortho nitro benzene ring substituents is 1. The fraction of sp³-hybridized carbons (Fsp3) is 0.111. The van der Waals surface area contributed by atoms with E-state index in [0.29, 0.717) is 22.6 Å². The van der Waals surface area contributed by atoms with Gasteiger partial charge in [0.1, 0.15) is 18.1 Å². The minimum atomic E-state index is -0.507. The van der Waals surface area contributed by atoms with E-state index in [9.17, 15) is 19.7 Å². The number of ketones is 2. The maximum atomic E-state index is 12.4. The number of carbonyl (C=O) groups is 2. The quantitative estimate of drug-likeness (QED) is 0.471. The van der Waals surface area contributed by atoms with Crippen LogP contribution >= 0.6 is 0 Å². The molecule has 1 aliphatic rings. The van der Waals surface area contributed by atoms with E-state index in [-0.39, 0.29) is 29.6 Å². The Balaban J connectivity index is 1.85. The molecule has 2 aromatic carbocycles. The Labute approximate surface area is 142 Å². The van der Waals surface area contributed by atoms with Gasteiger partial charge >= 0.3 is 0 Å². The van der Waals surface area contributed by atoms with Gasteiger partial charge in [-0.05, 0) is 30.7 Å². The van der Waals surface area contributed by atoms with Crippen molar-refractivity contribution in [3.05, 3.63) is 69.5 Å². The van der Waals surface area contributed by atoms with E-state index in [4.69, 9.17) is 9.47 Å². The predicted molar refractivity (Wildman–Crippen MR) is 88.6 cm³/mol. The minimum Gasteiger partial charge on any atom is -0.486 e. The van der Waals surface area contributed by atoms with Crippen LogP contribution in [0.5, 0.6) is 11.5 Å². The number of hydrogen-bond acceptors (Lipinski definition) is 6. The summed E-state index contributed by atoms with van der Waals surface area (Å²) in [6.07, 6.45) is 1.45. The summed E-state index contributed by atoms with van der Waals surface area (Å²) < 4.78 is 10.8. The molecule has 0 fully saturated rings. The Morgan fingerprint density at radius 3 is 2.80 bits per heavy atom. The molecule has 7 heteroatoms. The molecule has 126 valence electrons. The van der Waals surface area contributed by atoms with Crippen LogP contribution in [0.3, 0.4) is 0 Å². The standard InChI is InChI=1S/C18H13NO6/c1-11(20)10-24-14-5-6-15-16(9-14)25-17(18(15)21)8-12-3-2-4-13(7-12)19(22)23/h2-9H,10H2,1H3/b17-8+. The van der Waals surface area contributed by atoms with Gasteiger partial charge in [0.05, 0.1) is 10.5 Å². The van der Waals surface area contributed by atoms with E-state index in [2.05, 4.69) is 0 Å². The van der Waals surface area contributed by atoms with Gasteiger partial charge in [0.15, 0.2) is 11.5 Å². The third-order valence-electron chi connectivity index (χ3n) is 3.46. The van der Waals surface area contributed by atoms with Crippen molar-refractivity contribution < 1.29 is 24.0 Å². The van der Waals surface area contributed by atoms with Crippen LogP contribution in [-0.4, -0.2) is 23.1 Å². The maximum absolute atomic E-state index is 12.4. The number of Topliss-reactive ketones (excluding diaryl/α,β-unsaturated/α-hetero) is 2. The zero-order chi connectivity index (χ0) is 18.0. The summed E-state index contributed by atoms with van der Waals surface area (Å²) in [5.74, 6) is 0.365. The molecule has 1 heterocycles. The third-order valence-corrected chi connectivity index (χ3v) is 3.46. The van der Waals surface area contributed by atoms with Crippen LogP contribution in [0.2, 0.25) is 0 Å². The topological polar surface area (TPSA) is 95.7 Å². The number of nitrogens with zero attached hydrogens (tertiary/aromatic N) is 1. The van der Waals surface area contributed by atoms with Crippen molar-refractivity contribution in [3.63, 3.8) is 0 Å². The smallest absolute Gasteiger partial charge is 0.270 e. The van der Waals surface area contributed by atoms with Gasteiger partial charge < -0.3 is 9.47 Å². The van der Waals surface area contributed by atoms with Crippen molar-refractivity contribution in [2.24, 2.45) is 0 Å². The van der Waals surface area contributed by atoms with Crippen molar-refractivity contribution in [2.45, 2.75) is 6.92 Å². The molecule has 0 saturated heterocycles. The van der Waals surface area contributed by atoms with Crippen molar-refractivity contribution in [3.8, 4) is 11.5 Å². The van der Waals surface area contributed by atoms with Crippen LogP contribution < -0.4 is 9.47 Å². The van der Waals surface area contributed by atoms with Gasteiger partial charge in [-0.25, -0.2) is 0 Å². The first-order chi connectivity index (χ1) is 11.9. The molecule has 0 bridgehead atoms. The van der Waals surface area contributed by atoms with Gasteiger partial charge in [-0.2, -0.15) is 0 Å². The Morgan fingerprint density at radius 1 is 1.28 bits per heavy atom. The SMILES string of the molecule is CC(=O)COc1ccc2c(c1)O/C(=C/c1cccc([N+](=O)[O-])c1)C2=O. The predicted octanol–water partition coefficient (Wildman–Crippen LogP) is 3.18. The number of benzene rings is 2. The molecule has 7 nitrogen and oxygen atoms in total. The Morgan fingerprint density at radius 2 is 2.08 bits per heavy atom. The maximum Gasteiger partial charge on any atom is 0.270 e. The molecule has 0 aliphatic carbocycles. The van der Waals surface area contributed by atoms with Crippen LogP contribution in [-0.2, 0) is 4.79 Å². The highest BCUT2D eigenvalue weighted by molar-refractivity contribution is 6.14. The lowest BCUT2D eigenvalue weighted by molar-refractivity contribution is -0.384. The van der Waals surface area contributed by atoms with E-state index in [1.807, 2.05) is 0 Å². The Kier molecular flexibility index (Phi) is 4.30. The Hall–Kier alpha value is -3.48. The Bertz CT molecular complexity index is 916. The number of allylic oxidation sites excluding steroid dienone is 1. The summed E-state index contributed by atoms with van der Waals surface area (Å²) in [5, 5.41) is 10.8. The highest BCUT2D eigenvalue weighted by atomic mass is 16.6. The molecule has 0 amide bonds. The molecule has 0 radical (unpaired) electrons. The molecule has 0 N–H and O–H groups in total. The highest BCUT2D eigenvalue weighted by Gasteiger charge is 2.27. The van der Waals surface area contributed by atoms with Crippen LogP contribution in [0.25, 0.3) is 6.08 Å². The lowest BCUT2D eigenvalue weighted by Gasteiger charge is -2.04. The summed E-state index contributed by atoms with van der Waals surface area (Å²) in [7, 11) is 0. The molecule has 0 saturated carbocycles. The first kappa shape index (κ1) is 16.4. The number of nitro benzene ring substituents is 1. The van der Waals surface area contributed by atoms with Gasteiger partial charge in [0.25, 0.3) is 5.69 Å². The van der Waals surface area contributed by atoms with Gasteiger partial charge in [-0.15, -0.1) is 0 Å². The van der Waals surface area contributed by atoms with Gasteiger partial charge in [0, 0.05) is 18.2 Å². The fourth-order valence-electron chi connectivity index (χ4n) is 2.32. The molecule has 0 aromatic heterocycles. The number of ether oxygens (including phenoxy) is 2. The zero-order valence-corrected chi connectivity index (χ0v) is 13.2. The van der Waals surface area contributed by atoms with Crippen LogP contribution in [0.15, 0.2) is 48.2 Å². The van der Waals surface area contributed by atoms with Crippen molar-refractivity contribution in [2.75, 3.05) is 6.61 Å². The summed E-state index contributed by atoms with van der Waals surface area (Å²) in [6.45, 7) is 1.34. The monoisotopic (exact) mass is 339 g/mol. The largest absolute Gasteiger partial charge is 0.486 e. The van der Waals surface area contributed by atoms with Crippen LogP contribution in [0.1, 0.15) is 22.8 Å². The lowest BCUT2D eigenvalue weighted by atomic mass is 10.1. The molecule has 0 unspecified atom stereocenters. The molecule has 25 heavy (non-hydrogen) atoms. The van der Waals surface area contributed by atoms with Crippen molar-refractivity contribution in [1.29, 1.82) is 0 Å². The van der Waals surface area contributed by atoms with E-state index < -0.39 is 4.92 Å². The van der Waals surface area contributed by atoms with E-state index in [1.165, 1.54) is 37.3 Å². The minimum absolute atomic E-state index is 0.0664. The number of rotatable bonds is 5. The molecular formula is C18H13NO6. The van der Waals surface area contributed by atoms with Crippen LogP contribution in [0, 0.1) is 10.1 Å². The van der Waals surface area contributed by atoms with Gasteiger partial charge in [-0.3, -0.25) is 19.7 Å². The molecule has 2 aromatic rings. The molecule has 0 atom stereocenters. The highest BCUT2D eigenvalue weighted by Crippen LogP contribution is 2.35. The van der Waals surface area contributed by atoms with Crippen molar-refractivity contribution in [1.82, 2.24) is 0 Å². The zero-order valence-electron chi connectivity index (χ0n) is 13.2. The first-order valence-electron chi connectivity index (χ1n) is 7.39. The summed E-state index contributed by atoms with van der Waals surface area (Å²) in [4.78, 5) is 33.7. The van der Waals surface area contributed by atoms with Gasteiger partial charge in [0.2, 0.25) is 5.78 Å². The van der Waals surface area contributed by atoms with Gasteiger partial charge in [-0.1, -0.05) is 12.1 Å². The average Bonchev–Trinajstić information content (AvgIpc) is 2.88. The lowest BCUT2D eigenvalue weighted by Crippen LogP contribution is -2.06.